The number of amides is 1. The predicted octanol–water partition coefficient (Wildman–Crippen LogP) is 3.33. The maximum atomic E-state index is 12.8. The Balaban J connectivity index is 1.63. The number of rotatable bonds is 5. The van der Waals surface area contributed by atoms with Crippen molar-refractivity contribution in [3.63, 3.8) is 0 Å². The topological polar surface area (TPSA) is 86.8 Å². The number of benzene rings is 1. The smallest absolute Gasteiger partial charge is 0.276 e. The number of aromatic nitrogens is 4. The molecule has 2 N–H and O–H groups in total. The summed E-state index contributed by atoms with van der Waals surface area (Å²) in [4.78, 5) is 23.2. The van der Waals surface area contributed by atoms with Crippen LogP contribution >= 0.6 is 0 Å². The van der Waals surface area contributed by atoms with E-state index >= 15 is 0 Å². The molecule has 0 unspecified atom stereocenters. The Hall–Kier alpha value is -3.58. The van der Waals surface area contributed by atoms with Gasteiger partial charge in [0.15, 0.2) is 5.69 Å². The fourth-order valence-electron chi connectivity index (χ4n) is 3.10. The van der Waals surface area contributed by atoms with Gasteiger partial charge in [-0.2, -0.15) is 5.10 Å². The second kappa shape index (κ2) is 7.58. The predicted molar refractivity (Wildman–Crippen MR) is 109 cm³/mol. The van der Waals surface area contributed by atoms with Gasteiger partial charge in [-0.05, 0) is 49.5 Å². The van der Waals surface area contributed by atoms with Crippen LogP contribution in [0, 0.1) is 0 Å². The fourth-order valence-corrected chi connectivity index (χ4v) is 3.10. The summed E-state index contributed by atoms with van der Waals surface area (Å²) in [6, 6.07) is 11.6. The van der Waals surface area contributed by atoms with Crippen molar-refractivity contribution in [1.82, 2.24) is 25.1 Å². The summed E-state index contributed by atoms with van der Waals surface area (Å²) >= 11 is 0. The molecule has 0 saturated carbocycles. The third-order valence-corrected chi connectivity index (χ3v) is 4.32. The number of hydrogen-bond donors (Lipinski definition) is 2. The molecule has 0 aliphatic rings. The average Bonchev–Trinajstić information content (AvgIpc) is 3.12. The van der Waals surface area contributed by atoms with E-state index in [-0.39, 0.29) is 5.91 Å². The van der Waals surface area contributed by atoms with E-state index in [4.69, 9.17) is 0 Å². The molecular weight excluding hydrogens is 352 g/mol. The minimum Gasteiger partial charge on any atom is -0.319 e. The first-order valence-corrected chi connectivity index (χ1v) is 8.89. The number of nitrogens with zero attached hydrogens (tertiary/aromatic N) is 4. The van der Waals surface area contributed by atoms with Gasteiger partial charge in [0.25, 0.3) is 5.91 Å². The summed E-state index contributed by atoms with van der Waals surface area (Å²) in [6.45, 7) is 0.747. The van der Waals surface area contributed by atoms with Gasteiger partial charge in [-0.15, -0.1) is 0 Å². The molecule has 0 bridgehead atoms. The summed E-state index contributed by atoms with van der Waals surface area (Å²) in [6.07, 6.45) is 6.95. The summed E-state index contributed by atoms with van der Waals surface area (Å²) in [5.41, 5.74) is 4.77. The molecule has 4 aromatic rings. The summed E-state index contributed by atoms with van der Waals surface area (Å²) in [7, 11) is 3.97. The molecule has 0 fully saturated rings. The maximum absolute atomic E-state index is 12.8. The van der Waals surface area contributed by atoms with Gasteiger partial charge in [-0.3, -0.25) is 19.9 Å². The van der Waals surface area contributed by atoms with Crippen LogP contribution in [0.1, 0.15) is 16.1 Å². The molecule has 3 heterocycles. The second-order valence-corrected chi connectivity index (χ2v) is 6.85. The zero-order valence-corrected chi connectivity index (χ0v) is 15.7. The van der Waals surface area contributed by atoms with Gasteiger partial charge in [-0.1, -0.05) is 12.1 Å². The van der Waals surface area contributed by atoms with Crippen molar-refractivity contribution in [2.45, 2.75) is 6.54 Å². The van der Waals surface area contributed by atoms with Gasteiger partial charge >= 0.3 is 0 Å². The zero-order chi connectivity index (χ0) is 19.5. The number of pyridine rings is 2. The van der Waals surface area contributed by atoms with Crippen molar-refractivity contribution >= 4 is 22.5 Å². The van der Waals surface area contributed by atoms with E-state index in [1.54, 1.807) is 24.8 Å². The highest BCUT2D eigenvalue weighted by atomic mass is 16.1. The van der Waals surface area contributed by atoms with Gasteiger partial charge in [0.1, 0.15) is 0 Å². The van der Waals surface area contributed by atoms with E-state index in [2.05, 4.69) is 25.5 Å². The maximum Gasteiger partial charge on any atom is 0.276 e. The molecule has 0 atom stereocenters. The summed E-state index contributed by atoms with van der Waals surface area (Å²) in [5, 5.41) is 10.8. The zero-order valence-electron chi connectivity index (χ0n) is 15.7. The number of aromatic amines is 1. The van der Waals surface area contributed by atoms with Crippen molar-refractivity contribution in [2.24, 2.45) is 0 Å². The van der Waals surface area contributed by atoms with E-state index in [0.717, 1.165) is 34.1 Å². The van der Waals surface area contributed by atoms with Crippen LogP contribution in [0.4, 0.5) is 5.69 Å². The molecule has 0 spiro atoms. The lowest BCUT2D eigenvalue weighted by Crippen LogP contribution is -2.14. The number of H-pyrrole nitrogens is 1. The Labute approximate surface area is 162 Å². The van der Waals surface area contributed by atoms with E-state index in [0.29, 0.717) is 11.4 Å². The number of fused-ring (bicyclic) bond motifs is 1. The third kappa shape index (κ3) is 3.74. The van der Waals surface area contributed by atoms with Crippen LogP contribution in [0.3, 0.4) is 0 Å². The molecule has 7 nitrogen and oxygen atoms in total. The summed E-state index contributed by atoms with van der Waals surface area (Å²) < 4.78 is 0. The Bertz CT molecular complexity index is 1120. The number of carbonyl (C=O) groups excluding carboxylic acids is 1. The fraction of sp³-hybridized carbons (Fsp3) is 0.143. The van der Waals surface area contributed by atoms with Crippen molar-refractivity contribution in [3.05, 3.63) is 72.4 Å². The lowest BCUT2D eigenvalue weighted by Gasteiger charge is -2.10. The number of anilines is 1. The first-order valence-electron chi connectivity index (χ1n) is 8.89. The molecule has 7 heteroatoms. The van der Waals surface area contributed by atoms with Gasteiger partial charge < -0.3 is 10.2 Å². The highest BCUT2D eigenvalue weighted by Gasteiger charge is 2.15. The van der Waals surface area contributed by atoms with Gasteiger partial charge in [0, 0.05) is 36.1 Å². The standard InChI is InChI=1S/C21H20N6O/c1-27(2)13-14-8-17(12-23-10-14)24-21(28)20-18-9-15(5-6-19(18)25-26-20)16-4-3-7-22-11-16/h3-12H,13H2,1-2H3,(H,24,28)(H,25,26). The molecule has 0 aliphatic carbocycles. The highest BCUT2D eigenvalue weighted by Crippen LogP contribution is 2.25. The monoisotopic (exact) mass is 372 g/mol. The molecular formula is C21H20N6O. The van der Waals surface area contributed by atoms with Crippen LogP contribution in [0.15, 0.2) is 61.2 Å². The molecule has 3 aromatic heterocycles. The first-order chi connectivity index (χ1) is 13.6. The van der Waals surface area contributed by atoms with Crippen molar-refractivity contribution in [2.75, 3.05) is 19.4 Å². The molecule has 0 saturated heterocycles. The van der Waals surface area contributed by atoms with Crippen LogP contribution < -0.4 is 5.32 Å². The highest BCUT2D eigenvalue weighted by molar-refractivity contribution is 6.11. The quantitative estimate of drug-likeness (QED) is 0.561. The van der Waals surface area contributed by atoms with Crippen LogP contribution in [0.25, 0.3) is 22.0 Å². The first kappa shape index (κ1) is 17.8. The Kier molecular flexibility index (Phi) is 4.82. The molecule has 0 radical (unpaired) electrons. The van der Waals surface area contributed by atoms with Crippen molar-refractivity contribution < 1.29 is 4.79 Å². The SMILES string of the molecule is CN(C)Cc1cncc(NC(=O)c2n[nH]c3ccc(-c4cccnc4)cc23)c1. The lowest BCUT2D eigenvalue weighted by molar-refractivity contribution is 0.102. The normalized spacial score (nSPS) is 11.1. The van der Waals surface area contributed by atoms with E-state index < -0.39 is 0 Å². The van der Waals surface area contributed by atoms with Gasteiger partial charge in [0.05, 0.1) is 17.4 Å². The van der Waals surface area contributed by atoms with Crippen LogP contribution in [0.5, 0.6) is 0 Å². The van der Waals surface area contributed by atoms with Crippen molar-refractivity contribution in [1.29, 1.82) is 0 Å². The van der Waals surface area contributed by atoms with Crippen LogP contribution in [0.2, 0.25) is 0 Å². The van der Waals surface area contributed by atoms with Crippen LogP contribution in [-0.2, 0) is 6.54 Å². The number of hydrogen-bond acceptors (Lipinski definition) is 5. The molecule has 1 aromatic carbocycles. The van der Waals surface area contributed by atoms with E-state index in [9.17, 15) is 4.79 Å². The number of nitrogens with one attached hydrogen (secondary N) is 2. The van der Waals surface area contributed by atoms with E-state index in [1.165, 1.54) is 0 Å². The second-order valence-electron chi connectivity index (χ2n) is 6.85. The molecule has 140 valence electrons. The van der Waals surface area contributed by atoms with Crippen molar-refractivity contribution in [3.8, 4) is 11.1 Å². The minimum absolute atomic E-state index is 0.279. The molecule has 1 amide bonds. The Morgan fingerprint density at radius 2 is 1.96 bits per heavy atom. The Morgan fingerprint density at radius 3 is 2.75 bits per heavy atom. The van der Waals surface area contributed by atoms with Gasteiger partial charge in [0.2, 0.25) is 0 Å². The van der Waals surface area contributed by atoms with Gasteiger partial charge in [-0.25, -0.2) is 0 Å². The summed E-state index contributed by atoms with van der Waals surface area (Å²) in [5.74, 6) is -0.279. The largest absolute Gasteiger partial charge is 0.319 e. The van der Waals surface area contributed by atoms with E-state index in [1.807, 2.05) is 55.4 Å². The van der Waals surface area contributed by atoms with Crippen LogP contribution in [-0.4, -0.2) is 45.1 Å². The molecule has 0 aliphatic heterocycles. The minimum atomic E-state index is -0.279. The molecule has 4 rings (SSSR count). The third-order valence-electron chi connectivity index (χ3n) is 4.32. The Morgan fingerprint density at radius 1 is 1.07 bits per heavy atom. The lowest BCUT2D eigenvalue weighted by atomic mass is 10.0. The molecule has 28 heavy (non-hydrogen) atoms. The number of carbonyl (C=O) groups is 1. The average molecular weight is 372 g/mol.